The fourth-order valence-corrected chi connectivity index (χ4v) is 3.04. The molecule has 0 aliphatic carbocycles. The van der Waals surface area contributed by atoms with Crippen molar-refractivity contribution in [2.75, 3.05) is 24.6 Å². The molecular weight excluding hydrogens is 250 g/mol. The number of hydrogen-bond acceptors (Lipinski definition) is 6. The van der Waals surface area contributed by atoms with Gasteiger partial charge in [-0.1, -0.05) is 0 Å². The highest BCUT2D eigenvalue weighted by molar-refractivity contribution is 7.11. The zero-order valence-electron chi connectivity index (χ0n) is 10.6. The SMILES string of the molecule is CC1CC(Nc2snc(N)c2C(N)=O)CCN1C. The van der Waals surface area contributed by atoms with Crippen molar-refractivity contribution in [3.63, 3.8) is 0 Å². The van der Waals surface area contributed by atoms with Gasteiger partial charge in [0.25, 0.3) is 5.91 Å². The molecule has 1 aromatic rings. The zero-order valence-corrected chi connectivity index (χ0v) is 11.5. The van der Waals surface area contributed by atoms with Crippen LogP contribution < -0.4 is 16.8 Å². The summed E-state index contributed by atoms with van der Waals surface area (Å²) in [6.45, 7) is 3.24. The fraction of sp³-hybridized carbons (Fsp3) is 0.636. The summed E-state index contributed by atoms with van der Waals surface area (Å²) in [7, 11) is 2.13. The summed E-state index contributed by atoms with van der Waals surface area (Å²) in [6.07, 6.45) is 2.07. The van der Waals surface area contributed by atoms with E-state index in [0.717, 1.165) is 19.4 Å². The number of aromatic nitrogens is 1. The number of anilines is 2. The number of nitrogens with two attached hydrogens (primary N) is 2. The maximum atomic E-state index is 11.3. The van der Waals surface area contributed by atoms with Crippen molar-refractivity contribution in [3.8, 4) is 0 Å². The number of rotatable bonds is 3. The molecule has 7 heteroatoms. The van der Waals surface area contributed by atoms with Crippen LogP contribution in [0.15, 0.2) is 0 Å². The highest BCUT2D eigenvalue weighted by Gasteiger charge is 2.25. The average molecular weight is 269 g/mol. The summed E-state index contributed by atoms with van der Waals surface area (Å²) in [5, 5.41) is 4.05. The van der Waals surface area contributed by atoms with Crippen LogP contribution in [0, 0.1) is 0 Å². The summed E-state index contributed by atoms with van der Waals surface area (Å²) in [5.41, 5.74) is 11.3. The average Bonchev–Trinajstić information content (AvgIpc) is 2.65. The molecule has 2 rings (SSSR count). The molecule has 2 atom stereocenters. The Kier molecular flexibility index (Phi) is 3.72. The summed E-state index contributed by atoms with van der Waals surface area (Å²) in [4.78, 5) is 13.7. The van der Waals surface area contributed by atoms with Gasteiger partial charge in [0.15, 0.2) is 5.82 Å². The predicted molar refractivity (Wildman–Crippen MR) is 73.8 cm³/mol. The van der Waals surface area contributed by atoms with Gasteiger partial charge in [-0.3, -0.25) is 4.79 Å². The number of nitrogens with zero attached hydrogens (tertiary/aromatic N) is 2. The van der Waals surface area contributed by atoms with Crippen LogP contribution in [0.4, 0.5) is 10.8 Å². The van der Waals surface area contributed by atoms with E-state index >= 15 is 0 Å². The molecule has 2 heterocycles. The van der Waals surface area contributed by atoms with Crippen molar-refractivity contribution in [2.45, 2.75) is 31.8 Å². The molecule has 0 spiro atoms. The summed E-state index contributed by atoms with van der Waals surface area (Å²) < 4.78 is 3.98. The van der Waals surface area contributed by atoms with Gasteiger partial charge in [0.05, 0.1) is 0 Å². The summed E-state index contributed by atoms with van der Waals surface area (Å²) in [5.74, 6) is -0.305. The Hall–Kier alpha value is -1.34. The number of hydrogen-bond donors (Lipinski definition) is 3. The standard InChI is InChI=1S/C11H19N5OS/c1-6-5-7(3-4-16(6)2)14-11-8(10(13)17)9(12)15-18-11/h6-7,14H,3-5H2,1-2H3,(H2,12,15)(H2,13,17). The number of piperidine rings is 1. The lowest BCUT2D eigenvalue weighted by atomic mass is 9.99. The number of carbonyl (C=O) groups is 1. The van der Waals surface area contributed by atoms with Crippen molar-refractivity contribution in [3.05, 3.63) is 5.56 Å². The minimum Gasteiger partial charge on any atom is -0.382 e. The molecule has 1 aliphatic rings. The monoisotopic (exact) mass is 269 g/mol. The Morgan fingerprint density at radius 1 is 1.61 bits per heavy atom. The van der Waals surface area contributed by atoms with E-state index in [1.165, 1.54) is 11.5 Å². The molecule has 5 N–H and O–H groups in total. The zero-order chi connectivity index (χ0) is 13.3. The van der Waals surface area contributed by atoms with Gasteiger partial charge in [-0.05, 0) is 38.3 Å². The van der Waals surface area contributed by atoms with Crippen molar-refractivity contribution >= 4 is 28.3 Å². The third-order valence-electron chi connectivity index (χ3n) is 3.51. The number of likely N-dealkylation sites (tertiary alicyclic amines) is 1. The highest BCUT2D eigenvalue weighted by atomic mass is 32.1. The minimum absolute atomic E-state index is 0.218. The van der Waals surface area contributed by atoms with Gasteiger partial charge in [-0.15, -0.1) is 0 Å². The van der Waals surface area contributed by atoms with Gasteiger partial charge in [-0.2, -0.15) is 4.37 Å². The number of amides is 1. The minimum atomic E-state index is -0.523. The normalized spacial score (nSPS) is 25.0. The van der Waals surface area contributed by atoms with Crippen LogP contribution in [-0.4, -0.2) is 40.9 Å². The molecule has 0 bridgehead atoms. The lowest BCUT2D eigenvalue weighted by Crippen LogP contribution is -2.42. The Bertz CT molecular complexity index is 447. The first-order valence-corrected chi connectivity index (χ1v) is 6.78. The summed E-state index contributed by atoms with van der Waals surface area (Å²) >= 11 is 1.20. The van der Waals surface area contributed by atoms with Gasteiger partial charge in [0.2, 0.25) is 0 Å². The van der Waals surface area contributed by atoms with E-state index in [4.69, 9.17) is 11.5 Å². The maximum Gasteiger partial charge on any atom is 0.255 e. The Morgan fingerprint density at radius 2 is 2.33 bits per heavy atom. The second-order valence-electron chi connectivity index (χ2n) is 4.83. The first-order chi connectivity index (χ1) is 8.49. The number of nitrogens with one attached hydrogen (secondary N) is 1. The fourth-order valence-electron chi connectivity index (χ4n) is 2.24. The maximum absolute atomic E-state index is 11.3. The first-order valence-electron chi connectivity index (χ1n) is 6.00. The highest BCUT2D eigenvalue weighted by Crippen LogP contribution is 2.29. The molecule has 0 saturated carbocycles. The van der Waals surface area contributed by atoms with Gasteiger partial charge >= 0.3 is 0 Å². The molecule has 2 unspecified atom stereocenters. The van der Waals surface area contributed by atoms with E-state index < -0.39 is 5.91 Å². The topological polar surface area (TPSA) is 97.3 Å². The Balaban J connectivity index is 2.08. The van der Waals surface area contributed by atoms with Crippen LogP contribution in [0.5, 0.6) is 0 Å². The number of primary amides is 1. The molecule has 1 aliphatic heterocycles. The molecule has 0 aromatic carbocycles. The van der Waals surface area contributed by atoms with Crippen molar-refractivity contribution in [2.24, 2.45) is 5.73 Å². The van der Waals surface area contributed by atoms with Crippen molar-refractivity contribution in [1.82, 2.24) is 9.27 Å². The van der Waals surface area contributed by atoms with Crippen molar-refractivity contribution in [1.29, 1.82) is 0 Å². The molecule has 1 aromatic heterocycles. The molecule has 1 amide bonds. The van der Waals surface area contributed by atoms with Crippen LogP contribution in [0.3, 0.4) is 0 Å². The molecule has 1 saturated heterocycles. The van der Waals surface area contributed by atoms with Gasteiger partial charge in [0.1, 0.15) is 10.6 Å². The quantitative estimate of drug-likeness (QED) is 0.751. The van der Waals surface area contributed by atoms with Crippen LogP contribution in [0.2, 0.25) is 0 Å². The van der Waals surface area contributed by atoms with E-state index in [1.54, 1.807) is 0 Å². The van der Waals surface area contributed by atoms with E-state index in [-0.39, 0.29) is 5.82 Å². The third-order valence-corrected chi connectivity index (χ3v) is 4.30. The van der Waals surface area contributed by atoms with E-state index in [9.17, 15) is 4.79 Å². The second-order valence-corrected chi connectivity index (χ2v) is 5.60. The number of carbonyl (C=O) groups excluding carboxylic acids is 1. The first kappa shape index (κ1) is 13.1. The molecule has 1 fully saturated rings. The van der Waals surface area contributed by atoms with Gasteiger partial charge in [-0.25, -0.2) is 0 Å². The van der Waals surface area contributed by atoms with Gasteiger partial charge < -0.3 is 21.7 Å². The lowest BCUT2D eigenvalue weighted by molar-refractivity contribution is 0.100. The third kappa shape index (κ3) is 2.56. The van der Waals surface area contributed by atoms with E-state index in [0.29, 0.717) is 22.6 Å². The Morgan fingerprint density at radius 3 is 2.94 bits per heavy atom. The predicted octanol–water partition coefficient (Wildman–Crippen LogP) is 0.719. The van der Waals surface area contributed by atoms with Crippen LogP contribution in [0.1, 0.15) is 30.1 Å². The molecule has 6 nitrogen and oxygen atoms in total. The largest absolute Gasteiger partial charge is 0.382 e. The molecule has 18 heavy (non-hydrogen) atoms. The van der Waals surface area contributed by atoms with Crippen molar-refractivity contribution < 1.29 is 4.79 Å². The smallest absolute Gasteiger partial charge is 0.255 e. The van der Waals surface area contributed by atoms with Crippen LogP contribution in [0.25, 0.3) is 0 Å². The number of nitrogen functional groups attached to an aromatic ring is 1. The summed E-state index contributed by atoms with van der Waals surface area (Å²) in [6, 6.07) is 0.868. The van der Waals surface area contributed by atoms with E-state index in [1.807, 2.05) is 0 Å². The second kappa shape index (κ2) is 5.11. The van der Waals surface area contributed by atoms with Crippen LogP contribution >= 0.6 is 11.5 Å². The van der Waals surface area contributed by atoms with Gasteiger partial charge in [0, 0.05) is 18.6 Å². The molecular formula is C11H19N5OS. The molecule has 100 valence electrons. The lowest BCUT2D eigenvalue weighted by Gasteiger charge is -2.35. The Labute approximate surface area is 110 Å². The molecule has 0 radical (unpaired) electrons. The van der Waals surface area contributed by atoms with E-state index in [2.05, 4.69) is 28.6 Å². The van der Waals surface area contributed by atoms with Crippen LogP contribution in [-0.2, 0) is 0 Å².